The van der Waals surface area contributed by atoms with Crippen LogP contribution in [0, 0.1) is 34.5 Å². The molecule has 1 aromatic rings. The normalized spacial score (nSPS) is 45.4. The summed E-state index contributed by atoms with van der Waals surface area (Å²) in [5.41, 5.74) is 2.75. The van der Waals surface area contributed by atoms with Crippen molar-refractivity contribution >= 4 is 17.2 Å². The van der Waals surface area contributed by atoms with E-state index in [1.165, 1.54) is 5.56 Å². The minimum absolute atomic E-state index is 0.0481. The number of nitrogens with zero attached hydrogens (tertiary/aromatic N) is 2. The molecular formula is C30H40FN3O3. The summed E-state index contributed by atoms with van der Waals surface area (Å²) >= 11 is 0. The second kappa shape index (κ2) is 9.48. The summed E-state index contributed by atoms with van der Waals surface area (Å²) in [6.45, 7) is 6.24. The van der Waals surface area contributed by atoms with E-state index in [2.05, 4.69) is 47.7 Å². The Kier molecular flexibility index (Phi) is 6.41. The van der Waals surface area contributed by atoms with E-state index >= 15 is 0 Å². The fraction of sp³-hybridized carbons (Fsp3) is 0.700. The van der Waals surface area contributed by atoms with Crippen molar-refractivity contribution in [3.05, 3.63) is 35.9 Å². The number of hydrogen-bond donors (Lipinski definition) is 1. The highest BCUT2D eigenvalue weighted by atomic mass is 19.1. The summed E-state index contributed by atoms with van der Waals surface area (Å²) < 4.78 is 14.8. The van der Waals surface area contributed by atoms with Gasteiger partial charge in [-0.25, -0.2) is 4.39 Å². The number of carbonyl (C=O) groups excluding carboxylic acids is 1. The first-order valence-corrected chi connectivity index (χ1v) is 14.1. The molecule has 4 aliphatic carbocycles. The third-order valence-electron chi connectivity index (χ3n) is 10.8. The highest BCUT2D eigenvalue weighted by molar-refractivity contribution is 6.00. The van der Waals surface area contributed by atoms with Crippen LogP contribution in [-0.4, -0.2) is 49.7 Å². The van der Waals surface area contributed by atoms with Crippen LogP contribution in [0.1, 0.15) is 70.3 Å². The number of rotatable bonds is 4. The van der Waals surface area contributed by atoms with Crippen molar-refractivity contribution in [2.45, 2.75) is 77.0 Å². The van der Waals surface area contributed by atoms with Crippen LogP contribution in [0.4, 0.5) is 4.39 Å². The molecule has 5 fully saturated rings. The highest BCUT2D eigenvalue weighted by Gasteiger charge is 2.65. The van der Waals surface area contributed by atoms with Gasteiger partial charge in [0.2, 0.25) is 0 Å². The summed E-state index contributed by atoms with van der Waals surface area (Å²) in [5.74, 6) is 0.726. The first kappa shape index (κ1) is 25.0. The van der Waals surface area contributed by atoms with Gasteiger partial charge in [0.15, 0.2) is 12.0 Å². The molecule has 9 atom stereocenters. The number of nitrogens with one attached hydrogen (secondary N) is 1. The summed E-state index contributed by atoms with van der Waals surface area (Å²) in [6.07, 6.45) is 4.46. The molecule has 37 heavy (non-hydrogen) atoms. The van der Waals surface area contributed by atoms with Gasteiger partial charge in [0.25, 0.3) is 0 Å². The van der Waals surface area contributed by atoms with Crippen molar-refractivity contribution in [2.75, 3.05) is 20.2 Å². The SMILES string of the molecule is CO/N=C1\CC2C(CC[C@]3(C)C(=O)C(F)CC23)C2(C)CC/C(=N\OC3CCNC3)C(c3ccccc3)C12. The average Bonchev–Trinajstić information content (AvgIpc) is 3.50. The van der Waals surface area contributed by atoms with Gasteiger partial charge < -0.3 is 15.0 Å². The van der Waals surface area contributed by atoms with Gasteiger partial charge in [-0.15, -0.1) is 0 Å². The minimum Gasteiger partial charge on any atom is -0.399 e. The lowest BCUT2D eigenvalue weighted by Crippen LogP contribution is -2.58. The average molecular weight is 510 g/mol. The van der Waals surface area contributed by atoms with E-state index in [0.717, 1.165) is 63.0 Å². The molecule has 1 saturated heterocycles. The Morgan fingerprint density at radius 2 is 1.86 bits per heavy atom. The molecule has 0 amide bonds. The maximum atomic E-state index is 14.8. The van der Waals surface area contributed by atoms with Gasteiger partial charge in [-0.1, -0.05) is 54.5 Å². The molecule has 8 unspecified atom stereocenters. The molecule has 1 aromatic carbocycles. The van der Waals surface area contributed by atoms with Gasteiger partial charge >= 0.3 is 0 Å². The molecule has 1 aliphatic heterocycles. The number of ketones is 1. The lowest BCUT2D eigenvalue weighted by molar-refractivity contribution is -0.136. The van der Waals surface area contributed by atoms with E-state index < -0.39 is 11.6 Å². The van der Waals surface area contributed by atoms with Crippen LogP contribution in [-0.2, 0) is 14.5 Å². The number of Topliss-reactive ketones (excluding diaryl/α,β-unsaturated/α-hetero) is 1. The second-order valence-electron chi connectivity index (χ2n) is 12.5. The molecule has 0 spiro atoms. The van der Waals surface area contributed by atoms with Crippen molar-refractivity contribution in [2.24, 2.45) is 44.8 Å². The maximum Gasteiger partial charge on any atom is 0.173 e. The summed E-state index contributed by atoms with van der Waals surface area (Å²) in [7, 11) is 1.61. The number of halogens is 1. The van der Waals surface area contributed by atoms with Crippen molar-refractivity contribution in [1.29, 1.82) is 0 Å². The van der Waals surface area contributed by atoms with Crippen LogP contribution < -0.4 is 5.32 Å². The van der Waals surface area contributed by atoms with E-state index in [9.17, 15) is 9.18 Å². The molecule has 200 valence electrons. The summed E-state index contributed by atoms with van der Waals surface area (Å²) in [4.78, 5) is 24.4. The lowest BCUT2D eigenvalue weighted by Gasteiger charge is -2.61. The predicted octanol–water partition coefficient (Wildman–Crippen LogP) is 5.29. The van der Waals surface area contributed by atoms with Crippen molar-refractivity contribution < 1.29 is 18.9 Å². The monoisotopic (exact) mass is 509 g/mol. The third kappa shape index (κ3) is 3.95. The van der Waals surface area contributed by atoms with Gasteiger partial charge in [-0.2, -0.15) is 0 Å². The fourth-order valence-corrected chi connectivity index (χ4v) is 9.00. The van der Waals surface area contributed by atoms with Gasteiger partial charge in [-0.05, 0) is 73.8 Å². The Balaban J connectivity index is 1.41. The third-order valence-corrected chi connectivity index (χ3v) is 10.8. The Labute approximate surface area is 219 Å². The first-order valence-electron chi connectivity index (χ1n) is 14.1. The fourth-order valence-electron chi connectivity index (χ4n) is 9.00. The summed E-state index contributed by atoms with van der Waals surface area (Å²) in [5, 5.41) is 12.8. The van der Waals surface area contributed by atoms with E-state index in [1.54, 1.807) is 7.11 Å². The van der Waals surface area contributed by atoms with Gasteiger partial charge in [0.05, 0.1) is 11.4 Å². The molecule has 1 N–H and O–H groups in total. The van der Waals surface area contributed by atoms with E-state index in [1.807, 2.05) is 6.92 Å². The molecule has 6 nitrogen and oxygen atoms in total. The minimum atomic E-state index is -1.33. The quantitative estimate of drug-likeness (QED) is 0.560. The molecule has 4 saturated carbocycles. The maximum absolute atomic E-state index is 14.8. The zero-order valence-corrected chi connectivity index (χ0v) is 22.3. The smallest absolute Gasteiger partial charge is 0.173 e. The van der Waals surface area contributed by atoms with Crippen LogP contribution in [0.3, 0.4) is 0 Å². The number of fused-ring (bicyclic) bond motifs is 5. The Hall–Kier alpha value is -2.28. The Morgan fingerprint density at radius 1 is 1.05 bits per heavy atom. The second-order valence-corrected chi connectivity index (χ2v) is 12.5. The van der Waals surface area contributed by atoms with Gasteiger partial charge in [0, 0.05) is 30.2 Å². The molecular weight excluding hydrogens is 469 g/mol. The summed E-state index contributed by atoms with van der Waals surface area (Å²) in [6, 6.07) is 10.6. The number of benzene rings is 1. The molecule has 0 radical (unpaired) electrons. The Bertz CT molecular complexity index is 1090. The highest BCUT2D eigenvalue weighted by Crippen LogP contribution is 2.66. The van der Waals surface area contributed by atoms with Crippen LogP contribution in [0.15, 0.2) is 40.6 Å². The lowest BCUT2D eigenvalue weighted by atomic mass is 9.43. The molecule has 6 rings (SSSR count). The number of hydrogen-bond acceptors (Lipinski definition) is 6. The van der Waals surface area contributed by atoms with E-state index in [4.69, 9.17) is 14.8 Å². The van der Waals surface area contributed by atoms with E-state index in [-0.39, 0.29) is 41.0 Å². The van der Waals surface area contributed by atoms with E-state index in [0.29, 0.717) is 12.3 Å². The van der Waals surface area contributed by atoms with Gasteiger partial charge in [-0.3, -0.25) is 4.79 Å². The number of alkyl halides is 1. The van der Waals surface area contributed by atoms with Crippen LogP contribution in [0.25, 0.3) is 0 Å². The molecule has 0 bridgehead atoms. The number of carbonyl (C=O) groups is 1. The predicted molar refractivity (Wildman–Crippen MR) is 141 cm³/mol. The van der Waals surface area contributed by atoms with Gasteiger partial charge in [0.1, 0.15) is 13.2 Å². The van der Waals surface area contributed by atoms with Crippen LogP contribution >= 0.6 is 0 Å². The van der Waals surface area contributed by atoms with Crippen LogP contribution in [0.5, 0.6) is 0 Å². The number of oxime groups is 2. The molecule has 5 aliphatic rings. The van der Waals surface area contributed by atoms with Crippen molar-refractivity contribution in [1.82, 2.24) is 5.32 Å². The topological polar surface area (TPSA) is 72.3 Å². The zero-order valence-electron chi connectivity index (χ0n) is 22.3. The largest absolute Gasteiger partial charge is 0.399 e. The van der Waals surface area contributed by atoms with Crippen molar-refractivity contribution in [3.63, 3.8) is 0 Å². The standard InChI is InChI=1S/C30H40FN3O3/c1-29-13-10-24(34-37-19-11-14-32-17-19)26(18-7-5-4-6-8-18)27(29)25(33-36-3)15-20-21(29)9-12-30(2)22(20)16-23(31)28(30)35/h4-8,19-23,26-27,32H,9-17H2,1-3H3/b33-25+,34-24+/t19?,20?,21?,22?,23?,26?,27?,29?,30-/m0/s1. The van der Waals surface area contributed by atoms with Crippen LogP contribution in [0.2, 0.25) is 0 Å². The zero-order chi connectivity index (χ0) is 25.8. The van der Waals surface area contributed by atoms with Crippen molar-refractivity contribution in [3.8, 4) is 0 Å². The molecule has 0 aromatic heterocycles. The molecule has 7 heteroatoms. The first-order chi connectivity index (χ1) is 17.9. The Morgan fingerprint density at radius 3 is 2.59 bits per heavy atom. The molecule has 1 heterocycles.